The van der Waals surface area contributed by atoms with Crippen molar-refractivity contribution in [1.82, 2.24) is 0 Å². The predicted molar refractivity (Wildman–Crippen MR) is 51.2 cm³/mol. The van der Waals surface area contributed by atoms with E-state index in [4.69, 9.17) is 10.8 Å². The second kappa shape index (κ2) is 12.9. The number of carboxylic acid groups (broad SMARTS) is 1. The summed E-state index contributed by atoms with van der Waals surface area (Å²) in [7, 11) is 0. The molecule has 0 amide bonds. The van der Waals surface area contributed by atoms with Crippen LogP contribution in [0.2, 0.25) is 0 Å². The molecule has 0 aliphatic rings. The van der Waals surface area contributed by atoms with Crippen molar-refractivity contribution in [2.75, 3.05) is 13.2 Å². The fourth-order valence-corrected chi connectivity index (χ4v) is 0.454. The van der Waals surface area contributed by atoms with Gasteiger partial charge in [-0.2, -0.15) is 0 Å². The maximum atomic E-state index is 10.6. The van der Waals surface area contributed by atoms with Gasteiger partial charge in [0.25, 0.3) is 0 Å². The van der Waals surface area contributed by atoms with Crippen molar-refractivity contribution in [1.29, 1.82) is 0 Å². The second-order valence-electron chi connectivity index (χ2n) is 1.90. The van der Waals surface area contributed by atoms with Crippen LogP contribution in [-0.4, -0.2) is 89.3 Å². The van der Waals surface area contributed by atoms with Crippen molar-refractivity contribution in [2.24, 2.45) is 5.73 Å². The Balaban J connectivity index is -0.000000500. The first-order valence-electron chi connectivity index (χ1n) is 3.24. The first kappa shape index (κ1) is 19.5. The summed E-state index contributed by atoms with van der Waals surface area (Å²) in [6, 6.07) is 0. The minimum atomic E-state index is -1.00. The molecule has 0 heterocycles. The Labute approximate surface area is 121 Å². The van der Waals surface area contributed by atoms with Gasteiger partial charge in [-0.05, 0) is 0 Å². The van der Waals surface area contributed by atoms with E-state index in [9.17, 15) is 9.59 Å². The van der Waals surface area contributed by atoms with Crippen LogP contribution in [0.25, 0.3) is 0 Å². The number of esters is 1. The number of hydrogen-bond acceptors (Lipinski definition) is 4. The molecule has 0 aromatic carbocycles. The van der Waals surface area contributed by atoms with Crippen molar-refractivity contribution in [3.63, 3.8) is 0 Å². The van der Waals surface area contributed by atoms with E-state index in [1.165, 1.54) is 0 Å². The molecular weight excluding hydrogens is 196 g/mol. The van der Waals surface area contributed by atoms with Gasteiger partial charge in [-0.15, -0.1) is 0 Å². The van der Waals surface area contributed by atoms with Crippen molar-refractivity contribution in [3.05, 3.63) is 0 Å². The van der Waals surface area contributed by atoms with Crippen LogP contribution < -0.4 is 5.73 Å². The molecule has 0 unspecified atom stereocenters. The quantitative estimate of drug-likeness (QED) is 0.406. The summed E-state index contributed by atoms with van der Waals surface area (Å²) in [4.78, 5) is 20.5. The average Bonchev–Trinajstić information content (AvgIpc) is 1.97. The molecule has 0 aliphatic carbocycles. The third-order valence-electron chi connectivity index (χ3n) is 0.924. The first-order chi connectivity index (χ1) is 5.16. The molecule has 0 saturated heterocycles. The Morgan fingerprint density at radius 3 is 2.15 bits per heavy atom. The Morgan fingerprint density at radius 1 is 1.23 bits per heavy atom. The van der Waals surface area contributed by atoms with Crippen molar-refractivity contribution >= 4 is 71.1 Å². The summed E-state index contributed by atoms with van der Waals surface area (Å²) < 4.78 is 4.51. The summed E-state index contributed by atoms with van der Waals surface area (Å²) in [6.07, 6.45) is -0.279. The first-order valence-corrected chi connectivity index (χ1v) is 3.24. The molecule has 68 valence electrons. The van der Waals surface area contributed by atoms with Gasteiger partial charge in [-0.25, -0.2) is 0 Å². The van der Waals surface area contributed by atoms with Gasteiger partial charge in [-0.1, -0.05) is 0 Å². The number of ether oxygens (including phenoxy) is 1. The molecule has 0 radical (unpaired) electrons. The summed E-state index contributed by atoms with van der Waals surface area (Å²) in [5.41, 5.74) is 5.04. The van der Waals surface area contributed by atoms with Crippen LogP contribution in [0.1, 0.15) is 12.8 Å². The Morgan fingerprint density at radius 2 is 1.77 bits per heavy atom. The average molecular weight is 209 g/mol. The zero-order chi connectivity index (χ0) is 8.69. The Hall–Kier alpha value is 0.900. The Bertz CT molecular complexity index is 154. The molecule has 13 heavy (non-hydrogen) atoms. The molecule has 0 aromatic rings. The number of carboxylic acids is 1. The van der Waals surface area contributed by atoms with E-state index < -0.39 is 11.9 Å². The molecule has 0 fully saturated rings. The summed E-state index contributed by atoms with van der Waals surface area (Å²) >= 11 is 0. The molecule has 0 aromatic heterocycles. The molecule has 0 rings (SSSR count). The topological polar surface area (TPSA) is 89.6 Å². The summed E-state index contributed by atoms with van der Waals surface area (Å²) in [6.45, 7) is 0.414. The third-order valence-corrected chi connectivity index (χ3v) is 0.924. The van der Waals surface area contributed by atoms with E-state index in [-0.39, 0.29) is 85.1 Å². The van der Waals surface area contributed by atoms with Crippen LogP contribution >= 0.6 is 0 Å². The van der Waals surface area contributed by atoms with Gasteiger partial charge in [0, 0.05) is 6.54 Å². The van der Waals surface area contributed by atoms with E-state index in [0.717, 1.165) is 0 Å². The van der Waals surface area contributed by atoms with Gasteiger partial charge in [0.15, 0.2) is 0 Å². The molecule has 0 saturated carbocycles. The molecule has 5 nitrogen and oxygen atoms in total. The summed E-state index contributed by atoms with van der Waals surface area (Å²) in [5.74, 6) is -1.52. The van der Waals surface area contributed by atoms with Crippen LogP contribution in [0.15, 0.2) is 0 Å². The van der Waals surface area contributed by atoms with Gasteiger partial charge in [0.05, 0.1) is 12.8 Å². The van der Waals surface area contributed by atoms with Gasteiger partial charge in [0.2, 0.25) is 0 Å². The van der Waals surface area contributed by atoms with Gasteiger partial charge >= 0.3 is 71.1 Å². The maximum absolute atomic E-state index is 10.6. The molecule has 3 N–H and O–H groups in total. The van der Waals surface area contributed by atoms with Gasteiger partial charge in [-0.3, -0.25) is 9.59 Å². The van der Waals surface area contributed by atoms with Gasteiger partial charge in [0.1, 0.15) is 6.61 Å². The monoisotopic (exact) mass is 209 g/mol. The third kappa shape index (κ3) is 15.6. The fraction of sp³-hybridized carbons (Fsp3) is 0.667. The number of hydrogen-bond donors (Lipinski definition) is 2. The normalized spacial score (nSPS) is 7.77. The number of rotatable bonds is 5. The van der Waals surface area contributed by atoms with E-state index in [0.29, 0.717) is 0 Å². The second-order valence-corrected chi connectivity index (χ2v) is 1.90. The zero-order valence-corrected chi connectivity index (χ0v) is 6.08. The Kier molecular flexibility index (Phi) is 19.3. The van der Waals surface area contributed by atoms with Crippen molar-refractivity contribution < 1.29 is 19.4 Å². The van der Waals surface area contributed by atoms with Crippen LogP contribution in [0, 0.1) is 0 Å². The summed E-state index contributed by atoms with van der Waals surface area (Å²) in [5, 5.41) is 8.16. The van der Waals surface area contributed by atoms with E-state index in [1.54, 1.807) is 0 Å². The van der Waals surface area contributed by atoms with E-state index in [1.807, 2.05) is 0 Å². The zero-order valence-electron chi connectivity index (χ0n) is 6.08. The predicted octanol–water partition coefficient (Wildman–Crippen LogP) is -1.94. The van der Waals surface area contributed by atoms with Crippen LogP contribution in [0.5, 0.6) is 0 Å². The van der Waals surface area contributed by atoms with Crippen molar-refractivity contribution in [3.8, 4) is 0 Å². The molecule has 0 spiro atoms. The number of aliphatic carboxylic acids is 1. The van der Waals surface area contributed by atoms with Crippen molar-refractivity contribution in [2.45, 2.75) is 12.8 Å². The molecule has 0 atom stereocenters. The SMILES string of the molecule is NCCOC(=O)CCC(=O)O.[NaH].[NaH]. The van der Waals surface area contributed by atoms with E-state index in [2.05, 4.69) is 4.74 Å². The van der Waals surface area contributed by atoms with Gasteiger partial charge < -0.3 is 15.6 Å². The molecule has 7 heteroatoms. The number of carbonyl (C=O) groups is 2. The number of nitrogens with two attached hydrogens (primary N) is 1. The molecule has 0 bridgehead atoms. The number of carbonyl (C=O) groups excluding carboxylic acids is 1. The standard InChI is InChI=1S/C6H11NO4.2Na.2H/c7-3-4-11-6(10)2-1-5(8)9;;;;/h1-4,7H2,(H,8,9);;;;. The van der Waals surface area contributed by atoms with Crippen LogP contribution in [0.3, 0.4) is 0 Å². The van der Waals surface area contributed by atoms with Crippen LogP contribution in [0.4, 0.5) is 0 Å². The fourth-order valence-electron chi connectivity index (χ4n) is 0.454. The van der Waals surface area contributed by atoms with Crippen LogP contribution in [-0.2, 0) is 14.3 Å². The minimum absolute atomic E-state index is 0. The molecule has 0 aliphatic heterocycles. The molecular formula is C6H13NNa2O4. The van der Waals surface area contributed by atoms with E-state index >= 15 is 0 Å².